The molecule has 3 aromatic rings. The van der Waals surface area contributed by atoms with E-state index in [2.05, 4.69) is 10.3 Å². The topological polar surface area (TPSA) is 71.5 Å². The molecule has 1 atom stereocenters. The van der Waals surface area contributed by atoms with Crippen molar-refractivity contribution in [1.82, 2.24) is 15.2 Å². The van der Waals surface area contributed by atoms with E-state index in [1.165, 1.54) is 21.8 Å². The number of thiazole rings is 1. The predicted octanol–water partition coefficient (Wildman–Crippen LogP) is 4.02. The number of nitrogens with one attached hydrogen (secondary N) is 1. The van der Waals surface area contributed by atoms with Gasteiger partial charge in [0.25, 0.3) is 5.91 Å². The van der Waals surface area contributed by atoms with Gasteiger partial charge in [0.1, 0.15) is 16.3 Å². The molecule has 1 aliphatic heterocycles. The number of fused-ring (bicyclic) bond motifs is 2. The number of urea groups is 1. The Hall–Kier alpha value is -3.19. The first-order valence-electron chi connectivity index (χ1n) is 9.83. The number of nitrogens with zero attached hydrogens (tertiary/aromatic N) is 2. The third-order valence-electron chi connectivity index (χ3n) is 5.91. The number of benzene rings is 2. The van der Waals surface area contributed by atoms with Crippen LogP contribution in [-0.2, 0) is 23.3 Å². The molecule has 3 amide bonds. The number of aryl methyl sites for hydroxylation is 2. The molecular formula is C23H21N3O3S. The van der Waals surface area contributed by atoms with Gasteiger partial charge in [0, 0.05) is 10.9 Å². The standard InChI is InChI=1S/C23H21N3O3S/c1-14-3-5-16(6-4-14)19-13-30-20(24-19)12-26-21(27)23(25-22(26)28)10-9-15-7-8-17(29-2)11-18(15)23/h3-8,11,13H,9-10,12H2,1-2H3,(H,25,28). The van der Waals surface area contributed by atoms with Crippen LogP contribution in [0.3, 0.4) is 0 Å². The number of hydrogen-bond acceptors (Lipinski definition) is 5. The van der Waals surface area contributed by atoms with E-state index in [9.17, 15) is 9.59 Å². The zero-order chi connectivity index (χ0) is 20.9. The fourth-order valence-corrected chi connectivity index (χ4v) is 5.04. The van der Waals surface area contributed by atoms with Gasteiger partial charge >= 0.3 is 6.03 Å². The Kier molecular flexibility index (Phi) is 4.36. The number of rotatable bonds is 4. The maximum absolute atomic E-state index is 13.4. The first-order chi connectivity index (χ1) is 14.5. The number of amides is 3. The molecule has 1 aromatic heterocycles. The van der Waals surface area contributed by atoms with Crippen molar-refractivity contribution in [3.8, 4) is 17.0 Å². The Morgan fingerprint density at radius 1 is 1.20 bits per heavy atom. The molecule has 1 spiro atoms. The van der Waals surface area contributed by atoms with Gasteiger partial charge in [-0.05, 0) is 43.0 Å². The second kappa shape index (κ2) is 6.95. The third-order valence-corrected chi connectivity index (χ3v) is 6.75. The minimum absolute atomic E-state index is 0.169. The van der Waals surface area contributed by atoms with Crippen LogP contribution >= 0.6 is 11.3 Å². The number of methoxy groups -OCH3 is 1. The van der Waals surface area contributed by atoms with E-state index in [4.69, 9.17) is 4.74 Å². The molecule has 1 fully saturated rings. The van der Waals surface area contributed by atoms with Crippen molar-refractivity contribution in [2.75, 3.05) is 7.11 Å². The molecule has 152 valence electrons. The minimum atomic E-state index is -1.00. The molecule has 1 N–H and O–H groups in total. The van der Waals surface area contributed by atoms with Gasteiger partial charge in [-0.25, -0.2) is 9.78 Å². The van der Waals surface area contributed by atoms with Crippen LogP contribution in [0.25, 0.3) is 11.3 Å². The summed E-state index contributed by atoms with van der Waals surface area (Å²) in [5, 5.41) is 5.65. The van der Waals surface area contributed by atoms with Gasteiger partial charge < -0.3 is 10.1 Å². The van der Waals surface area contributed by atoms with Crippen LogP contribution < -0.4 is 10.1 Å². The van der Waals surface area contributed by atoms with Crippen LogP contribution in [0.15, 0.2) is 47.8 Å². The van der Waals surface area contributed by atoms with Crippen molar-refractivity contribution in [3.63, 3.8) is 0 Å². The van der Waals surface area contributed by atoms with Crippen molar-refractivity contribution in [2.24, 2.45) is 0 Å². The number of carbonyl (C=O) groups excluding carboxylic acids is 2. The SMILES string of the molecule is COc1ccc2c(c1)C1(CC2)NC(=O)N(Cc2nc(-c3ccc(C)cc3)cs2)C1=O. The summed E-state index contributed by atoms with van der Waals surface area (Å²) in [6, 6.07) is 13.5. The summed E-state index contributed by atoms with van der Waals surface area (Å²) in [6.45, 7) is 2.21. The monoisotopic (exact) mass is 419 g/mol. The number of carbonyl (C=O) groups is 2. The lowest BCUT2D eigenvalue weighted by molar-refractivity contribution is -0.132. The molecule has 1 aliphatic carbocycles. The maximum Gasteiger partial charge on any atom is 0.325 e. The Morgan fingerprint density at radius 2 is 2.00 bits per heavy atom. The van der Waals surface area contributed by atoms with E-state index in [-0.39, 0.29) is 18.5 Å². The number of ether oxygens (including phenoxy) is 1. The van der Waals surface area contributed by atoms with E-state index >= 15 is 0 Å². The van der Waals surface area contributed by atoms with Crippen LogP contribution in [0, 0.1) is 6.92 Å². The highest BCUT2D eigenvalue weighted by molar-refractivity contribution is 7.09. The molecule has 2 aliphatic rings. The second-order valence-electron chi connectivity index (χ2n) is 7.74. The van der Waals surface area contributed by atoms with Crippen LogP contribution in [0.1, 0.15) is 28.1 Å². The van der Waals surface area contributed by atoms with Crippen molar-refractivity contribution in [2.45, 2.75) is 31.8 Å². The fourth-order valence-electron chi connectivity index (χ4n) is 4.25. The summed E-state index contributed by atoms with van der Waals surface area (Å²) >= 11 is 1.46. The van der Waals surface area contributed by atoms with E-state index in [1.807, 2.05) is 54.8 Å². The first kappa shape index (κ1) is 18.8. The second-order valence-corrected chi connectivity index (χ2v) is 8.69. The molecule has 0 saturated carbocycles. The van der Waals surface area contributed by atoms with Crippen molar-refractivity contribution in [3.05, 3.63) is 69.5 Å². The Morgan fingerprint density at radius 3 is 2.77 bits per heavy atom. The third kappa shape index (κ3) is 2.89. The van der Waals surface area contributed by atoms with Crippen molar-refractivity contribution in [1.29, 1.82) is 0 Å². The molecule has 1 saturated heterocycles. The molecule has 1 unspecified atom stereocenters. The van der Waals surface area contributed by atoms with Gasteiger partial charge in [-0.2, -0.15) is 0 Å². The Balaban J connectivity index is 1.41. The largest absolute Gasteiger partial charge is 0.497 e. The quantitative estimate of drug-likeness (QED) is 0.649. The average Bonchev–Trinajstić information content (AvgIpc) is 3.43. The van der Waals surface area contributed by atoms with Gasteiger partial charge in [0.05, 0.1) is 19.3 Å². The lowest BCUT2D eigenvalue weighted by atomic mass is 9.91. The summed E-state index contributed by atoms with van der Waals surface area (Å²) in [4.78, 5) is 32.1. The highest BCUT2D eigenvalue weighted by Crippen LogP contribution is 2.43. The Labute approximate surface area is 178 Å². The van der Waals surface area contributed by atoms with E-state index < -0.39 is 5.54 Å². The molecule has 30 heavy (non-hydrogen) atoms. The van der Waals surface area contributed by atoms with Crippen molar-refractivity contribution >= 4 is 23.3 Å². The summed E-state index contributed by atoms with van der Waals surface area (Å²) in [5.74, 6) is 0.463. The number of hydrogen-bond donors (Lipinski definition) is 1. The summed E-state index contributed by atoms with van der Waals surface area (Å²) in [5.41, 5.74) is 3.97. The predicted molar refractivity (Wildman–Crippen MR) is 114 cm³/mol. The smallest absolute Gasteiger partial charge is 0.325 e. The zero-order valence-electron chi connectivity index (χ0n) is 16.8. The summed E-state index contributed by atoms with van der Waals surface area (Å²) < 4.78 is 5.33. The van der Waals surface area contributed by atoms with Crippen LogP contribution in [0.5, 0.6) is 5.75 Å². The van der Waals surface area contributed by atoms with Crippen LogP contribution in [0.4, 0.5) is 4.79 Å². The highest BCUT2D eigenvalue weighted by Gasteiger charge is 2.55. The first-order valence-corrected chi connectivity index (χ1v) is 10.7. The van der Waals surface area contributed by atoms with Gasteiger partial charge in [0.15, 0.2) is 0 Å². The molecule has 2 heterocycles. The van der Waals surface area contributed by atoms with E-state index in [1.54, 1.807) is 7.11 Å². The molecule has 2 aromatic carbocycles. The number of imide groups is 1. The molecule has 0 bridgehead atoms. The van der Waals surface area contributed by atoms with Crippen molar-refractivity contribution < 1.29 is 14.3 Å². The normalized spacial score (nSPS) is 20.0. The molecule has 7 heteroatoms. The average molecular weight is 420 g/mol. The fraction of sp³-hybridized carbons (Fsp3) is 0.261. The van der Waals surface area contributed by atoms with E-state index in [0.29, 0.717) is 12.2 Å². The van der Waals surface area contributed by atoms with Gasteiger partial charge in [-0.15, -0.1) is 11.3 Å². The lowest BCUT2D eigenvalue weighted by Crippen LogP contribution is -2.41. The Bertz CT molecular complexity index is 1150. The minimum Gasteiger partial charge on any atom is -0.497 e. The van der Waals surface area contributed by atoms with Crippen LogP contribution in [0.2, 0.25) is 0 Å². The van der Waals surface area contributed by atoms with Gasteiger partial charge in [-0.1, -0.05) is 35.9 Å². The summed E-state index contributed by atoms with van der Waals surface area (Å²) in [7, 11) is 1.60. The van der Waals surface area contributed by atoms with Gasteiger partial charge in [-0.3, -0.25) is 9.69 Å². The van der Waals surface area contributed by atoms with E-state index in [0.717, 1.165) is 33.8 Å². The number of aromatic nitrogens is 1. The maximum atomic E-state index is 13.4. The molecule has 6 nitrogen and oxygen atoms in total. The summed E-state index contributed by atoms with van der Waals surface area (Å²) in [6.07, 6.45) is 1.30. The molecular weight excluding hydrogens is 398 g/mol. The van der Waals surface area contributed by atoms with Crippen LogP contribution in [-0.4, -0.2) is 28.9 Å². The highest BCUT2D eigenvalue weighted by atomic mass is 32.1. The van der Waals surface area contributed by atoms with Gasteiger partial charge in [0.2, 0.25) is 0 Å². The lowest BCUT2D eigenvalue weighted by Gasteiger charge is -2.22. The zero-order valence-corrected chi connectivity index (χ0v) is 17.6. The molecule has 0 radical (unpaired) electrons. The molecule has 5 rings (SSSR count).